The van der Waals surface area contributed by atoms with Gasteiger partial charge in [-0.1, -0.05) is 30.1 Å². The summed E-state index contributed by atoms with van der Waals surface area (Å²) in [6.45, 7) is 7.97. The maximum absolute atomic E-state index is 13.8. The summed E-state index contributed by atoms with van der Waals surface area (Å²) in [5, 5.41) is 33.4. The van der Waals surface area contributed by atoms with Crippen molar-refractivity contribution in [1.82, 2.24) is 50.4 Å². The summed E-state index contributed by atoms with van der Waals surface area (Å²) in [7, 11) is 0. The van der Waals surface area contributed by atoms with Gasteiger partial charge in [0.05, 0.1) is 29.6 Å². The first-order valence-electron chi connectivity index (χ1n) is 17.4. The van der Waals surface area contributed by atoms with Crippen molar-refractivity contribution in [3.05, 3.63) is 94.7 Å². The minimum Gasteiger partial charge on any atom is -0.481 e. The second-order valence-corrected chi connectivity index (χ2v) is 14.6. The molecule has 0 fully saturated rings. The fourth-order valence-electron chi connectivity index (χ4n) is 4.90. The summed E-state index contributed by atoms with van der Waals surface area (Å²) in [5.41, 5.74) is 6.54. The van der Waals surface area contributed by atoms with Gasteiger partial charge in [-0.05, 0) is 97.8 Å². The van der Waals surface area contributed by atoms with Crippen molar-refractivity contribution in [3.63, 3.8) is 0 Å². The van der Waals surface area contributed by atoms with Crippen LogP contribution in [0.25, 0.3) is 22.8 Å². The molecule has 0 aliphatic rings. The molecule has 0 aliphatic heterocycles. The zero-order valence-electron chi connectivity index (χ0n) is 31.5. The second kappa shape index (κ2) is 19.3. The normalized spacial score (nSPS) is 12.2. The minimum absolute atomic E-state index is 0.0190. The molecule has 0 saturated carbocycles. The number of pyridine rings is 2. The van der Waals surface area contributed by atoms with E-state index in [4.69, 9.17) is 48.3 Å². The lowest BCUT2D eigenvalue weighted by Crippen LogP contribution is -2.30. The summed E-state index contributed by atoms with van der Waals surface area (Å²) in [6.07, 6.45) is 2.65. The lowest BCUT2D eigenvalue weighted by atomic mass is 10.1. The number of nitrogens with two attached hydrogens (primary N) is 1. The third kappa shape index (κ3) is 13.2. The topological polar surface area (TPSA) is 221 Å². The number of ether oxygens (including phenoxy) is 3. The number of carboxylic acids is 1. The Labute approximate surface area is 340 Å². The predicted molar refractivity (Wildman–Crippen MR) is 205 cm³/mol. The van der Waals surface area contributed by atoms with Gasteiger partial charge in [0.1, 0.15) is 17.1 Å². The molecule has 21 heteroatoms. The first-order chi connectivity index (χ1) is 27.5. The first kappa shape index (κ1) is 43.0. The van der Waals surface area contributed by atoms with Crippen LogP contribution in [-0.4, -0.2) is 79.1 Å². The van der Waals surface area contributed by atoms with Gasteiger partial charge in [0.15, 0.2) is 11.6 Å². The van der Waals surface area contributed by atoms with Crippen LogP contribution in [0.15, 0.2) is 73.1 Å². The number of benzene rings is 2. The molecule has 6 aromatic rings. The molecule has 0 spiro atoms. The van der Waals surface area contributed by atoms with Gasteiger partial charge in [-0.15, -0.1) is 20.4 Å². The molecule has 6 rings (SSSR count). The van der Waals surface area contributed by atoms with Crippen LogP contribution >= 0.6 is 23.2 Å². The zero-order chi connectivity index (χ0) is 42.0. The highest BCUT2D eigenvalue weighted by Gasteiger charge is 2.20. The van der Waals surface area contributed by atoms with Crippen molar-refractivity contribution >= 4 is 35.1 Å². The Morgan fingerprint density at radius 3 is 1.64 bits per heavy atom. The largest absolute Gasteiger partial charge is 0.481 e. The molecule has 2 aromatic carbocycles. The molecule has 2 atom stereocenters. The van der Waals surface area contributed by atoms with Crippen LogP contribution in [0.2, 0.25) is 10.0 Å². The van der Waals surface area contributed by atoms with Crippen molar-refractivity contribution in [2.24, 2.45) is 11.7 Å². The van der Waals surface area contributed by atoms with Crippen LogP contribution in [-0.2, 0) is 27.4 Å². The van der Waals surface area contributed by atoms with Crippen LogP contribution in [0, 0.1) is 17.6 Å². The Morgan fingerprint density at radius 1 is 0.776 bits per heavy atom. The third-order valence-electron chi connectivity index (χ3n) is 7.35. The van der Waals surface area contributed by atoms with Crippen molar-refractivity contribution in [1.29, 1.82) is 0 Å². The summed E-state index contributed by atoms with van der Waals surface area (Å²) >= 11 is 11.3. The van der Waals surface area contributed by atoms with E-state index < -0.39 is 29.2 Å². The molecule has 0 bridgehead atoms. The number of carboxylic acid groups (broad SMARTS) is 1. The molecule has 0 aliphatic carbocycles. The number of halogens is 4. The number of hydrogen-bond donors (Lipinski definition) is 2. The van der Waals surface area contributed by atoms with Crippen LogP contribution in [0.3, 0.4) is 0 Å². The van der Waals surface area contributed by atoms with E-state index in [1.54, 1.807) is 48.5 Å². The average Bonchev–Trinajstić information content (AvgIpc) is 3.80. The van der Waals surface area contributed by atoms with E-state index in [0.29, 0.717) is 40.8 Å². The molecule has 17 nitrogen and oxygen atoms in total. The molecule has 0 unspecified atom stereocenters. The molecule has 0 radical (unpaired) electrons. The average molecular weight is 841 g/mol. The minimum atomic E-state index is -0.995. The molecule has 58 heavy (non-hydrogen) atoms. The molecule has 0 saturated heterocycles. The first-order valence-corrected chi connectivity index (χ1v) is 18.2. The number of nitrogens with zero attached hydrogens (tertiary/aromatic N) is 10. The van der Waals surface area contributed by atoms with Gasteiger partial charge in [0.2, 0.25) is 11.6 Å². The standard InChI is InChI=1S/C21H23ClFN5O3.C16H14ClFN6O3/c1-13(9-18(29)31-21(2,3)4)12-28-26-19(25-27-28)14-5-7-16(8-6-14)30-20-17(23)10-15(22)11-24-20;17-10-5-13(18)16(20-7-10)27-12-3-1-9(2-4-12)15-21-23-24(22-15)8-11(19)6-14(25)26/h5-8,10-11,13H,9,12H2,1-4H3;1-5,7,11H,6,8,19H2,(H,25,26)/t13-;11-/m00/s1. The summed E-state index contributed by atoms with van der Waals surface area (Å²) < 4.78 is 43.7. The SMILES string of the molecule is C[C@@H](CC(=O)OC(C)(C)C)Cn1nnc(-c2ccc(Oc3ncc(Cl)cc3F)cc2)n1.N[C@@H](CC(=O)O)Cn1nnc(-c2ccc(Oc3ncc(Cl)cc3F)cc2)n1. The van der Waals surface area contributed by atoms with Crippen LogP contribution in [0.4, 0.5) is 8.78 Å². The number of hydrogen-bond acceptors (Lipinski definition) is 14. The highest BCUT2D eigenvalue weighted by atomic mass is 35.5. The van der Waals surface area contributed by atoms with Crippen LogP contribution in [0.5, 0.6) is 23.3 Å². The van der Waals surface area contributed by atoms with Gasteiger partial charge in [-0.2, -0.15) is 9.59 Å². The second-order valence-electron chi connectivity index (χ2n) is 13.7. The predicted octanol–water partition coefficient (Wildman–Crippen LogP) is 6.81. The number of aromatic nitrogens is 10. The zero-order valence-corrected chi connectivity index (χ0v) is 33.0. The number of carbonyl (C=O) groups is 2. The Morgan fingerprint density at radius 2 is 1.22 bits per heavy atom. The number of esters is 1. The van der Waals surface area contributed by atoms with Crippen molar-refractivity contribution in [3.8, 4) is 46.0 Å². The van der Waals surface area contributed by atoms with E-state index in [2.05, 4.69) is 40.8 Å². The summed E-state index contributed by atoms with van der Waals surface area (Å²) in [4.78, 5) is 32.9. The Kier molecular flexibility index (Phi) is 14.3. The fraction of sp³-hybridized carbons (Fsp3) is 0.297. The number of aliphatic carboxylic acids is 1. The quantitative estimate of drug-likeness (QED) is 0.108. The molecular weight excluding hydrogens is 803 g/mol. The number of rotatable bonds is 14. The highest BCUT2D eigenvalue weighted by molar-refractivity contribution is 6.30. The molecule has 304 valence electrons. The third-order valence-corrected chi connectivity index (χ3v) is 7.77. The Hall–Kier alpha value is -6.18. The Bertz CT molecular complexity index is 2320. The molecule has 4 aromatic heterocycles. The van der Waals surface area contributed by atoms with Gasteiger partial charge in [-0.25, -0.2) is 18.7 Å². The van der Waals surface area contributed by atoms with E-state index in [0.717, 1.165) is 12.1 Å². The number of carbonyl (C=O) groups excluding carboxylic acids is 1. The van der Waals surface area contributed by atoms with Gasteiger partial charge in [-0.3, -0.25) is 9.59 Å². The van der Waals surface area contributed by atoms with E-state index >= 15 is 0 Å². The van der Waals surface area contributed by atoms with Gasteiger partial charge in [0.25, 0.3) is 11.8 Å². The maximum atomic E-state index is 13.8. The van der Waals surface area contributed by atoms with E-state index in [-0.39, 0.29) is 53.1 Å². The highest BCUT2D eigenvalue weighted by Crippen LogP contribution is 2.27. The van der Waals surface area contributed by atoms with Crippen LogP contribution < -0.4 is 15.2 Å². The molecule has 3 N–H and O–H groups in total. The smallest absolute Gasteiger partial charge is 0.306 e. The van der Waals surface area contributed by atoms with Crippen molar-refractivity contribution in [2.45, 2.75) is 65.3 Å². The monoisotopic (exact) mass is 839 g/mol. The van der Waals surface area contributed by atoms with Gasteiger partial charge in [0, 0.05) is 36.0 Å². The number of tetrazole rings is 2. The molecule has 0 amide bonds. The van der Waals surface area contributed by atoms with E-state index in [1.807, 2.05) is 27.7 Å². The van der Waals surface area contributed by atoms with Crippen molar-refractivity contribution < 1.29 is 37.7 Å². The molecular formula is C37H37Cl2F2N11O6. The van der Waals surface area contributed by atoms with Gasteiger partial charge < -0.3 is 25.1 Å². The lowest BCUT2D eigenvalue weighted by Gasteiger charge is -2.20. The molecule has 4 heterocycles. The Balaban J connectivity index is 0.000000223. The fourth-order valence-corrected chi connectivity index (χ4v) is 5.19. The van der Waals surface area contributed by atoms with E-state index in [1.165, 1.54) is 22.0 Å². The van der Waals surface area contributed by atoms with E-state index in [9.17, 15) is 18.4 Å². The summed E-state index contributed by atoms with van der Waals surface area (Å²) in [5.74, 6) is -1.44. The maximum Gasteiger partial charge on any atom is 0.306 e. The van der Waals surface area contributed by atoms with Crippen molar-refractivity contribution in [2.75, 3.05) is 0 Å². The van der Waals surface area contributed by atoms with Gasteiger partial charge >= 0.3 is 11.9 Å². The van der Waals surface area contributed by atoms with Crippen LogP contribution in [0.1, 0.15) is 40.5 Å². The lowest BCUT2D eigenvalue weighted by molar-refractivity contribution is -0.156. The summed E-state index contributed by atoms with van der Waals surface area (Å²) in [6, 6.07) is 14.9.